The Morgan fingerprint density at radius 1 is 1.07 bits per heavy atom. The van der Waals surface area contributed by atoms with E-state index in [9.17, 15) is 4.79 Å². The second-order valence-electron chi connectivity index (χ2n) is 7.09. The van der Waals surface area contributed by atoms with Gasteiger partial charge in [0.15, 0.2) is 11.5 Å². The van der Waals surface area contributed by atoms with E-state index in [4.69, 9.17) is 0 Å². The summed E-state index contributed by atoms with van der Waals surface area (Å²) < 4.78 is 0. The summed E-state index contributed by atoms with van der Waals surface area (Å²) in [5.41, 5.74) is 1.09. The molecule has 0 aliphatic carbocycles. The highest BCUT2D eigenvalue weighted by molar-refractivity contribution is 7.99. The lowest BCUT2D eigenvalue weighted by Crippen LogP contribution is -2.40. The molecule has 1 aromatic carbocycles. The average Bonchev–Trinajstić information content (AvgIpc) is 3.38. The molecule has 27 heavy (non-hydrogen) atoms. The number of amides is 1. The number of nitrogens with zero attached hydrogens (tertiary/aromatic N) is 4. The van der Waals surface area contributed by atoms with Gasteiger partial charge in [0.05, 0.1) is 0 Å². The first kappa shape index (κ1) is 18.3. The summed E-state index contributed by atoms with van der Waals surface area (Å²) >= 11 is 1.94. The number of para-hydroxylation sites is 1. The van der Waals surface area contributed by atoms with Gasteiger partial charge in [-0.05, 0) is 56.5 Å². The van der Waals surface area contributed by atoms with E-state index in [2.05, 4.69) is 31.6 Å². The smallest absolute Gasteiger partial charge is 0.276 e. The highest BCUT2D eigenvalue weighted by atomic mass is 32.2. The Morgan fingerprint density at radius 2 is 1.85 bits per heavy atom. The number of aromatic nitrogens is 2. The van der Waals surface area contributed by atoms with Crippen LogP contribution < -0.4 is 10.2 Å². The lowest BCUT2D eigenvalue weighted by Gasteiger charge is -2.27. The maximum atomic E-state index is 12.3. The number of carbonyl (C=O) groups excluding carboxylic acids is 1. The molecular formula is C20H25N5OS. The van der Waals surface area contributed by atoms with Gasteiger partial charge in [0.25, 0.3) is 5.91 Å². The summed E-state index contributed by atoms with van der Waals surface area (Å²) in [6.45, 7) is 4.38. The summed E-state index contributed by atoms with van der Waals surface area (Å²) in [5.74, 6) is 0.616. The van der Waals surface area contributed by atoms with Gasteiger partial charge in [0.1, 0.15) is 0 Å². The lowest BCUT2D eigenvalue weighted by molar-refractivity contribution is 0.102. The van der Waals surface area contributed by atoms with Gasteiger partial charge in [0, 0.05) is 30.1 Å². The first-order valence-electron chi connectivity index (χ1n) is 9.46. The summed E-state index contributed by atoms with van der Waals surface area (Å²) in [6.07, 6.45) is 4.81. The predicted molar refractivity (Wildman–Crippen MR) is 111 cm³/mol. The van der Waals surface area contributed by atoms with Crippen molar-refractivity contribution in [3.63, 3.8) is 0 Å². The molecule has 0 saturated carbocycles. The molecule has 2 aliphatic rings. The van der Waals surface area contributed by atoms with Crippen molar-refractivity contribution in [2.24, 2.45) is 0 Å². The average molecular weight is 384 g/mol. The van der Waals surface area contributed by atoms with Crippen LogP contribution in [0.1, 0.15) is 23.3 Å². The Kier molecular flexibility index (Phi) is 5.59. The van der Waals surface area contributed by atoms with E-state index in [1.54, 1.807) is 6.07 Å². The number of anilines is 2. The number of hydrogen-bond donors (Lipinski definition) is 1. The monoisotopic (exact) mass is 383 g/mol. The minimum absolute atomic E-state index is 0.237. The van der Waals surface area contributed by atoms with Gasteiger partial charge < -0.3 is 10.2 Å². The molecule has 142 valence electrons. The topological polar surface area (TPSA) is 61.4 Å². The SMILES string of the molecule is CS[C@@H]1CN(c2ccc(C(=O)Nc3ccccc3)nn2)C[C@@H]1N1CCCC1. The highest BCUT2D eigenvalue weighted by Gasteiger charge is 2.37. The van der Waals surface area contributed by atoms with Crippen LogP contribution in [0.2, 0.25) is 0 Å². The minimum atomic E-state index is -0.237. The van der Waals surface area contributed by atoms with Crippen LogP contribution in [0, 0.1) is 0 Å². The Bertz CT molecular complexity index is 764. The summed E-state index contributed by atoms with van der Waals surface area (Å²) in [4.78, 5) is 17.3. The molecule has 2 fully saturated rings. The third-order valence-electron chi connectivity index (χ3n) is 5.39. The second kappa shape index (κ2) is 8.27. The van der Waals surface area contributed by atoms with Crippen LogP contribution in [0.15, 0.2) is 42.5 Å². The van der Waals surface area contributed by atoms with Crippen molar-refractivity contribution in [3.8, 4) is 0 Å². The fourth-order valence-electron chi connectivity index (χ4n) is 3.93. The molecule has 0 unspecified atom stereocenters. The largest absolute Gasteiger partial charge is 0.352 e. The molecule has 0 spiro atoms. The summed E-state index contributed by atoms with van der Waals surface area (Å²) in [7, 11) is 0. The number of thioether (sulfide) groups is 1. The zero-order chi connectivity index (χ0) is 18.6. The number of carbonyl (C=O) groups is 1. The third kappa shape index (κ3) is 4.09. The molecule has 1 aromatic heterocycles. The molecular weight excluding hydrogens is 358 g/mol. The molecule has 1 amide bonds. The van der Waals surface area contributed by atoms with Gasteiger partial charge in [-0.1, -0.05) is 18.2 Å². The number of likely N-dealkylation sites (tertiary alicyclic amines) is 1. The van der Waals surface area contributed by atoms with E-state index in [1.165, 1.54) is 25.9 Å². The van der Waals surface area contributed by atoms with E-state index in [0.717, 1.165) is 24.6 Å². The van der Waals surface area contributed by atoms with Crippen molar-refractivity contribution in [2.45, 2.75) is 24.1 Å². The second-order valence-corrected chi connectivity index (χ2v) is 8.16. The maximum Gasteiger partial charge on any atom is 0.276 e. The number of nitrogens with one attached hydrogen (secondary N) is 1. The van der Waals surface area contributed by atoms with E-state index in [0.29, 0.717) is 17.0 Å². The fourth-order valence-corrected chi connectivity index (χ4v) is 4.83. The van der Waals surface area contributed by atoms with E-state index in [-0.39, 0.29) is 5.91 Å². The van der Waals surface area contributed by atoms with Gasteiger partial charge in [-0.3, -0.25) is 9.69 Å². The van der Waals surface area contributed by atoms with Crippen LogP contribution in [0.25, 0.3) is 0 Å². The highest BCUT2D eigenvalue weighted by Crippen LogP contribution is 2.30. The zero-order valence-corrected chi connectivity index (χ0v) is 16.4. The molecule has 0 radical (unpaired) electrons. The van der Waals surface area contributed by atoms with Crippen molar-refractivity contribution in [2.75, 3.05) is 42.7 Å². The molecule has 1 N–H and O–H groups in total. The van der Waals surface area contributed by atoms with Crippen molar-refractivity contribution in [1.82, 2.24) is 15.1 Å². The Hall–Kier alpha value is -2.12. The molecule has 3 heterocycles. The number of rotatable bonds is 5. The van der Waals surface area contributed by atoms with Crippen LogP contribution in [-0.4, -0.2) is 64.7 Å². The van der Waals surface area contributed by atoms with Gasteiger partial charge in [-0.2, -0.15) is 11.8 Å². The van der Waals surface area contributed by atoms with Gasteiger partial charge in [0.2, 0.25) is 0 Å². The third-order valence-corrected chi connectivity index (χ3v) is 6.46. The maximum absolute atomic E-state index is 12.3. The number of benzene rings is 1. The van der Waals surface area contributed by atoms with Crippen LogP contribution in [0.3, 0.4) is 0 Å². The fraction of sp³-hybridized carbons (Fsp3) is 0.450. The van der Waals surface area contributed by atoms with Crippen molar-refractivity contribution < 1.29 is 4.79 Å². The van der Waals surface area contributed by atoms with Gasteiger partial charge >= 0.3 is 0 Å². The van der Waals surface area contributed by atoms with Crippen molar-refractivity contribution in [1.29, 1.82) is 0 Å². The van der Waals surface area contributed by atoms with E-state index in [1.807, 2.05) is 48.2 Å². The van der Waals surface area contributed by atoms with E-state index >= 15 is 0 Å². The standard InChI is InChI=1S/C20H25N5OS/c1-27-18-14-25(13-17(18)24-11-5-6-12-24)19-10-9-16(22-23-19)20(26)21-15-7-3-2-4-8-15/h2-4,7-10,17-18H,5-6,11-14H2,1H3,(H,21,26)/t17-,18+/m0/s1. The molecule has 2 aromatic rings. The minimum Gasteiger partial charge on any atom is -0.352 e. The van der Waals surface area contributed by atoms with Crippen molar-refractivity contribution in [3.05, 3.63) is 48.2 Å². The van der Waals surface area contributed by atoms with Gasteiger partial charge in [-0.15, -0.1) is 10.2 Å². The molecule has 2 aliphatic heterocycles. The molecule has 2 atom stereocenters. The normalized spacial score (nSPS) is 22.9. The Balaban J connectivity index is 1.42. The molecule has 2 saturated heterocycles. The summed E-state index contributed by atoms with van der Waals surface area (Å²) in [6, 6.07) is 13.6. The molecule has 6 nitrogen and oxygen atoms in total. The zero-order valence-electron chi connectivity index (χ0n) is 15.5. The molecule has 4 rings (SSSR count). The molecule has 7 heteroatoms. The summed E-state index contributed by atoms with van der Waals surface area (Å²) in [5, 5.41) is 11.9. The Morgan fingerprint density at radius 3 is 2.52 bits per heavy atom. The van der Waals surface area contributed by atoms with E-state index < -0.39 is 0 Å². The number of hydrogen-bond acceptors (Lipinski definition) is 6. The predicted octanol–water partition coefficient (Wildman–Crippen LogP) is 2.74. The van der Waals surface area contributed by atoms with Crippen LogP contribution >= 0.6 is 11.8 Å². The Labute approximate surface area is 164 Å². The van der Waals surface area contributed by atoms with Crippen LogP contribution in [0.5, 0.6) is 0 Å². The van der Waals surface area contributed by atoms with Crippen LogP contribution in [0.4, 0.5) is 11.5 Å². The first-order valence-corrected chi connectivity index (χ1v) is 10.8. The van der Waals surface area contributed by atoms with Crippen molar-refractivity contribution >= 4 is 29.2 Å². The first-order chi connectivity index (χ1) is 13.2. The lowest BCUT2D eigenvalue weighted by atomic mass is 10.2. The quantitative estimate of drug-likeness (QED) is 0.857. The van der Waals surface area contributed by atoms with Crippen LogP contribution in [-0.2, 0) is 0 Å². The van der Waals surface area contributed by atoms with Gasteiger partial charge in [-0.25, -0.2) is 0 Å². The molecule has 0 bridgehead atoms.